The molecule has 0 aliphatic heterocycles. The Kier molecular flexibility index (Phi) is 4.70. The van der Waals surface area contributed by atoms with Crippen LogP contribution in [-0.2, 0) is 4.74 Å². The highest BCUT2D eigenvalue weighted by atomic mass is 16.5. The summed E-state index contributed by atoms with van der Waals surface area (Å²) >= 11 is 0. The van der Waals surface area contributed by atoms with Gasteiger partial charge in [-0.2, -0.15) is 0 Å². The normalized spacial score (nSPS) is 9.47. The van der Waals surface area contributed by atoms with Crippen molar-refractivity contribution in [3.05, 3.63) is 24.0 Å². The van der Waals surface area contributed by atoms with E-state index in [0.29, 0.717) is 11.3 Å². The first kappa shape index (κ1) is 12.7. The number of hydrazine groups is 1. The summed E-state index contributed by atoms with van der Waals surface area (Å²) in [6.07, 6.45) is 1.99. The number of carbonyl (C=O) groups is 2. The smallest absolute Gasteiger partial charge is 0.404 e. The Morgan fingerprint density at radius 2 is 2.24 bits per heavy atom. The van der Waals surface area contributed by atoms with E-state index in [4.69, 9.17) is 11.6 Å². The lowest BCUT2D eigenvalue weighted by Gasteiger charge is -2.08. The molecule has 0 aromatic carbocycles. The van der Waals surface area contributed by atoms with Crippen LogP contribution < -0.4 is 22.3 Å². The van der Waals surface area contributed by atoms with Gasteiger partial charge in [-0.15, -0.1) is 0 Å². The Hall–Kier alpha value is -2.35. The summed E-state index contributed by atoms with van der Waals surface area (Å²) in [5, 5.41) is 2.52. The van der Waals surface area contributed by atoms with E-state index in [1.807, 2.05) is 0 Å². The molecule has 0 radical (unpaired) electrons. The fourth-order valence-corrected chi connectivity index (χ4v) is 1.11. The minimum atomic E-state index is -0.884. The molecule has 0 spiro atoms. The van der Waals surface area contributed by atoms with E-state index in [-0.39, 0.29) is 19.1 Å². The quantitative estimate of drug-likeness (QED) is 0.302. The number of nitrogens with one attached hydrogen (secondary N) is 2. The molecular formula is C9H13N5O3. The second-order valence-corrected chi connectivity index (χ2v) is 2.99. The lowest BCUT2D eigenvalue weighted by molar-refractivity contribution is 0.0937. The third kappa shape index (κ3) is 3.95. The van der Waals surface area contributed by atoms with E-state index in [2.05, 4.69) is 20.5 Å². The molecule has 2 amide bonds. The van der Waals surface area contributed by atoms with E-state index in [1.165, 1.54) is 12.4 Å². The number of aromatic nitrogens is 1. The number of carbonyl (C=O) groups excluding carboxylic acids is 2. The summed E-state index contributed by atoms with van der Waals surface area (Å²) in [7, 11) is 0. The van der Waals surface area contributed by atoms with Crippen molar-refractivity contribution in [2.24, 2.45) is 11.6 Å². The van der Waals surface area contributed by atoms with Crippen molar-refractivity contribution >= 4 is 17.7 Å². The fourth-order valence-electron chi connectivity index (χ4n) is 1.11. The van der Waals surface area contributed by atoms with Gasteiger partial charge in [0, 0.05) is 12.4 Å². The molecule has 6 N–H and O–H groups in total. The summed E-state index contributed by atoms with van der Waals surface area (Å²) in [4.78, 5) is 25.7. The molecule has 0 saturated heterocycles. The largest absolute Gasteiger partial charge is 0.448 e. The number of amides is 2. The van der Waals surface area contributed by atoms with Crippen LogP contribution in [0, 0.1) is 0 Å². The van der Waals surface area contributed by atoms with E-state index in [1.54, 1.807) is 6.07 Å². The summed E-state index contributed by atoms with van der Waals surface area (Å²) in [6, 6.07) is 1.56. The van der Waals surface area contributed by atoms with Crippen molar-refractivity contribution < 1.29 is 14.3 Å². The zero-order valence-corrected chi connectivity index (χ0v) is 8.97. The summed E-state index contributed by atoms with van der Waals surface area (Å²) in [6.45, 7) is 0.160. The number of hydrogen-bond acceptors (Lipinski definition) is 6. The van der Waals surface area contributed by atoms with Crippen LogP contribution in [-0.4, -0.2) is 30.1 Å². The van der Waals surface area contributed by atoms with E-state index in [9.17, 15) is 9.59 Å². The molecule has 0 fully saturated rings. The molecule has 8 nitrogen and oxygen atoms in total. The number of pyridine rings is 1. The maximum absolute atomic E-state index is 11.7. The van der Waals surface area contributed by atoms with Gasteiger partial charge in [0.05, 0.1) is 17.8 Å². The Morgan fingerprint density at radius 3 is 2.88 bits per heavy atom. The minimum absolute atomic E-state index is 0.00667. The van der Waals surface area contributed by atoms with Crippen LogP contribution in [0.3, 0.4) is 0 Å². The predicted molar refractivity (Wildman–Crippen MR) is 59.9 cm³/mol. The van der Waals surface area contributed by atoms with Gasteiger partial charge in [0.25, 0.3) is 5.91 Å². The van der Waals surface area contributed by atoms with Gasteiger partial charge >= 0.3 is 6.09 Å². The van der Waals surface area contributed by atoms with Crippen molar-refractivity contribution in [1.29, 1.82) is 0 Å². The first-order valence-corrected chi connectivity index (χ1v) is 4.76. The molecule has 1 rings (SSSR count). The fraction of sp³-hybridized carbons (Fsp3) is 0.222. The van der Waals surface area contributed by atoms with Crippen molar-refractivity contribution in [2.75, 3.05) is 18.6 Å². The van der Waals surface area contributed by atoms with E-state index >= 15 is 0 Å². The van der Waals surface area contributed by atoms with Crippen LogP contribution in [0.25, 0.3) is 0 Å². The number of nitrogens with zero attached hydrogens (tertiary/aromatic N) is 1. The third-order valence-electron chi connectivity index (χ3n) is 1.85. The number of hydrogen-bond donors (Lipinski definition) is 4. The minimum Gasteiger partial charge on any atom is -0.448 e. The average molecular weight is 239 g/mol. The molecule has 0 unspecified atom stereocenters. The van der Waals surface area contributed by atoms with E-state index in [0.717, 1.165) is 0 Å². The first-order valence-electron chi connectivity index (χ1n) is 4.76. The molecule has 0 bridgehead atoms. The number of nitrogens with two attached hydrogens (primary N) is 2. The summed E-state index contributed by atoms with van der Waals surface area (Å²) < 4.78 is 4.45. The molecule has 92 valence electrons. The molecule has 0 aliphatic rings. The molecule has 8 heteroatoms. The van der Waals surface area contributed by atoms with Crippen molar-refractivity contribution in [2.45, 2.75) is 0 Å². The lowest BCUT2D eigenvalue weighted by atomic mass is 10.2. The summed E-state index contributed by atoms with van der Waals surface area (Å²) in [5.74, 6) is 4.86. The number of primary amides is 1. The molecule has 0 saturated carbocycles. The Balaban J connectivity index is 2.49. The van der Waals surface area contributed by atoms with Crippen LogP contribution in [0.5, 0.6) is 0 Å². The molecule has 17 heavy (non-hydrogen) atoms. The maximum atomic E-state index is 11.7. The highest BCUT2D eigenvalue weighted by Crippen LogP contribution is 2.10. The van der Waals surface area contributed by atoms with Crippen LogP contribution in [0.15, 0.2) is 18.5 Å². The first-order chi connectivity index (χ1) is 8.15. The SMILES string of the molecule is NNc1ccncc1C(=O)NCCOC(N)=O. The average Bonchev–Trinajstić information content (AvgIpc) is 2.34. The number of rotatable bonds is 5. The van der Waals surface area contributed by atoms with Gasteiger partial charge in [-0.05, 0) is 6.07 Å². The number of ether oxygens (including phenoxy) is 1. The zero-order chi connectivity index (χ0) is 12.7. The Morgan fingerprint density at radius 1 is 1.47 bits per heavy atom. The molecule has 0 aliphatic carbocycles. The van der Waals surface area contributed by atoms with Crippen molar-refractivity contribution in [3.8, 4) is 0 Å². The highest BCUT2D eigenvalue weighted by molar-refractivity contribution is 5.99. The van der Waals surface area contributed by atoms with Crippen LogP contribution >= 0.6 is 0 Å². The van der Waals surface area contributed by atoms with Crippen LogP contribution in [0.4, 0.5) is 10.5 Å². The zero-order valence-electron chi connectivity index (χ0n) is 8.97. The van der Waals surface area contributed by atoms with Gasteiger partial charge in [-0.25, -0.2) is 4.79 Å². The Labute approximate surface area is 97.3 Å². The molecular weight excluding hydrogens is 226 g/mol. The maximum Gasteiger partial charge on any atom is 0.404 e. The van der Waals surface area contributed by atoms with Crippen molar-refractivity contribution in [1.82, 2.24) is 10.3 Å². The molecule has 1 aromatic heterocycles. The van der Waals surface area contributed by atoms with Gasteiger partial charge in [0.15, 0.2) is 0 Å². The third-order valence-corrected chi connectivity index (χ3v) is 1.85. The van der Waals surface area contributed by atoms with Gasteiger partial charge < -0.3 is 21.2 Å². The number of anilines is 1. The Bertz CT molecular complexity index is 409. The van der Waals surface area contributed by atoms with Crippen LogP contribution in [0.2, 0.25) is 0 Å². The second kappa shape index (κ2) is 6.28. The lowest BCUT2D eigenvalue weighted by Crippen LogP contribution is -2.30. The topological polar surface area (TPSA) is 132 Å². The number of nitrogen functional groups attached to an aromatic ring is 1. The highest BCUT2D eigenvalue weighted by Gasteiger charge is 2.10. The van der Waals surface area contributed by atoms with Gasteiger partial charge in [0.1, 0.15) is 6.61 Å². The molecule has 1 heterocycles. The van der Waals surface area contributed by atoms with Crippen molar-refractivity contribution in [3.63, 3.8) is 0 Å². The molecule has 0 atom stereocenters. The predicted octanol–water partition coefficient (Wildman–Crippen LogP) is -0.808. The second-order valence-electron chi connectivity index (χ2n) is 2.99. The van der Waals surface area contributed by atoms with Gasteiger partial charge in [-0.1, -0.05) is 0 Å². The standard InChI is InChI=1S/C9H13N5O3/c10-9(16)17-4-3-13-8(15)6-5-12-2-1-7(6)14-11/h1-2,5H,3-4,11H2,(H2,10,16)(H,12,14)(H,13,15). The monoisotopic (exact) mass is 239 g/mol. The van der Waals surface area contributed by atoms with E-state index < -0.39 is 6.09 Å². The van der Waals surface area contributed by atoms with Gasteiger partial charge in [0.2, 0.25) is 0 Å². The summed E-state index contributed by atoms with van der Waals surface area (Å²) in [5.41, 5.74) is 7.89. The van der Waals surface area contributed by atoms with Gasteiger partial charge in [-0.3, -0.25) is 15.6 Å². The van der Waals surface area contributed by atoms with Crippen LogP contribution in [0.1, 0.15) is 10.4 Å². The molecule has 1 aromatic rings.